The molecule has 12 aromatic rings. The number of nitrogens with zero attached hydrogens (tertiary/aromatic N) is 5. The average Bonchev–Trinajstić information content (AvgIpc) is 0.735. The maximum Gasteiger partial charge on any atom is 0.256 e. The first-order valence-electron chi connectivity index (χ1n) is 31.2. The van der Waals surface area contributed by atoms with Crippen LogP contribution in [0.5, 0.6) is 11.5 Å². The Morgan fingerprint density at radius 2 is 0.629 bits per heavy atom. The van der Waals surface area contributed by atoms with Crippen LogP contribution in [0.4, 0.5) is 85.3 Å². The Balaban J connectivity index is 1.03. The number of benzene rings is 12. The van der Waals surface area contributed by atoms with Gasteiger partial charge in [0.25, 0.3) is 13.4 Å². The molecule has 12 aromatic carbocycles. The fourth-order valence-corrected chi connectivity index (χ4v) is 14.4. The first-order valence-corrected chi connectivity index (χ1v) is 31.2. The van der Waals surface area contributed by atoms with E-state index in [2.05, 4.69) is 329 Å². The van der Waals surface area contributed by atoms with Gasteiger partial charge in [-0.2, -0.15) is 0 Å². The molecule has 0 spiro atoms. The number of aryl methyl sites for hydroxylation is 9. The van der Waals surface area contributed by atoms with Crippen molar-refractivity contribution in [3.63, 3.8) is 0 Å². The maximum atomic E-state index is 7.37. The molecule has 0 aliphatic carbocycles. The molecule has 0 N–H and O–H groups in total. The molecule has 0 fully saturated rings. The maximum absolute atomic E-state index is 7.37. The van der Waals surface area contributed by atoms with Gasteiger partial charge in [-0.15, -0.1) is 0 Å². The van der Waals surface area contributed by atoms with Crippen molar-refractivity contribution in [3.8, 4) is 11.5 Å². The zero-order valence-corrected chi connectivity index (χ0v) is 51.9. The van der Waals surface area contributed by atoms with Gasteiger partial charge < -0.3 is 29.2 Å². The lowest BCUT2D eigenvalue weighted by molar-refractivity contribution is 0.487. The molecule has 6 nitrogen and oxygen atoms in total. The van der Waals surface area contributed by atoms with Crippen molar-refractivity contribution in [3.05, 3.63) is 293 Å². The van der Waals surface area contributed by atoms with Crippen LogP contribution >= 0.6 is 0 Å². The van der Waals surface area contributed by atoms with Gasteiger partial charge in [0.2, 0.25) is 0 Å². The molecule has 0 bridgehead atoms. The number of hydrogen-bond donors (Lipinski definition) is 0. The van der Waals surface area contributed by atoms with Gasteiger partial charge in [0.15, 0.2) is 0 Å². The van der Waals surface area contributed by atoms with E-state index in [0.29, 0.717) is 0 Å². The molecule has 8 heteroatoms. The van der Waals surface area contributed by atoms with E-state index in [0.717, 1.165) is 96.6 Å². The molecular formula is C81H67B2N5O. The van der Waals surface area contributed by atoms with Crippen molar-refractivity contribution in [1.82, 2.24) is 0 Å². The second-order valence-electron chi connectivity index (χ2n) is 25.3. The number of rotatable bonds is 9. The summed E-state index contributed by atoms with van der Waals surface area (Å²) in [5.41, 5.74) is 34.8. The third-order valence-electron chi connectivity index (χ3n) is 18.9. The van der Waals surface area contributed by atoms with E-state index >= 15 is 0 Å². The molecular weight excluding hydrogens is 1080 g/mol. The lowest BCUT2D eigenvalue weighted by Gasteiger charge is -2.47. The summed E-state index contributed by atoms with van der Waals surface area (Å²) in [5, 5.41) is 0. The van der Waals surface area contributed by atoms with Crippen LogP contribution < -0.4 is 62.0 Å². The second-order valence-corrected chi connectivity index (χ2v) is 25.3. The van der Waals surface area contributed by atoms with Gasteiger partial charge in [0, 0.05) is 80.0 Å². The number of hydrogen-bond acceptors (Lipinski definition) is 6. The van der Waals surface area contributed by atoms with E-state index in [1.54, 1.807) is 0 Å². The summed E-state index contributed by atoms with van der Waals surface area (Å²) in [4.78, 5) is 12.5. The topological polar surface area (TPSA) is 25.4 Å². The highest BCUT2D eigenvalue weighted by atomic mass is 16.5. The summed E-state index contributed by atoms with van der Waals surface area (Å²) in [5.74, 6) is 1.73. The minimum absolute atomic E-state index is 0.161. The summed E-state index contributed by atoms with van der Waals surface area (Å²) >= 11 is 0. The molecule has 0 aromatic heterocycles. The Hall–Kier alpha value is -10.4. The molecule has 0 radical (unpaired) electrons. The second kappa shape index (κ2) is 20.9. The van der Waals surface area contributed by atoms with Crippen molar-refractivity contribution in [2.24, 2.45) is 0 Å². The molecule has 16 rings (SSSR count). The SMILES string of the molecule is Cc1ccc(N(c2ccc(C)cc2)c2cc3c4c(c2)N(c2ccc(C)cc2)c2cc5c(cc2B4c2cc(C)ccc2O3)B2c3c(C)cccc3N(c3ccc(C)cc3)c3cc(N(c4ccc(C)cc4)c4ccc(C)cc4)cc(c32)N5c2ccc(C)cc2)cc1. The van der Waals surface area contributed by atoms with Crippen LogP contribution in [0.3, 0.4) is 0 Å². The fraction of sp³-hybridized carbons (Fsp3) is 0.111. The van der Waals surface area contributed by atoms with Crippen molar-refractivity contribution < 1.29 is 4.74 Å². The fourth-order valence-electron chi connectivity index (χ4n) is 14.4. The smallest absolute Gasteiger partial charge is 0.256 e. The van der Waals surface area contributed by atoms with Gasteiger partial charge in [-0.25, -0.2) is 0 Å². The predicted molar refractivity (Wildman–Crippen MR) is 378 cm³/mol. The Morgan fingerprint density at radius 1 is 0.258 bits per heavy atom. The highest BCUT2D eigenvalue weighted by Crippen LogP contribution is 2.52. The quantitative estimate of drug-likeness (QED) is 0.134. The first-order chi connectivity index (χ1) is 43.3. The van der Waals surface area contributed by atoms with Gasteiger partial charge in [0.05, 0.1) is 11.4 Å². The van der Waals surface area contributed by atoms with E-state index in [4.69, 9.17) is 4.74 Å². The Kier molecular flexibility index (Phi) is 12.7. The first kappa shape index (κ1) is 54.0. The van der Waals surface area contributed by atoms with Crippen LogP contribution in [0, 0.1) is 62.3 Å². The molecule has 0 amide bonds. The highest BCUT2D eigenvalue weighted by molar-refractivity contribution is 7.03. The Labute approximate surface area is 524 Å². The average molecular weight is 1150 g/mol. The van der Waals surface area contributed by atoms with E-state index in [1.807, 2.05) is 0 Å². The monoisotopic (exact) mass is 1150 g/mol. The number of fused-ring (bicyclic) bond motifs is 8. The zero-order valence-electron chi connectivity index (χ0n) is 51.9. The van der Waals surface area contributed by atoms with E-state index in [9.17, 15) is 0 Å². The molecule has 4 aliphatic rings. The Bertz CT molecular complexity index is 4700. The third-order valence-corrected chi connectivity index (χ3v) is 18.9. The van der Waals surface area contributed by atoms with Gasteiger partial charge in [0.1, 0.15) is 11.5 Å². The van der Waals surface area contributed by atoms with Gasteiger partial charge in [-0.05, 0) is 216 Å². The third kappa shape index (κ3) is 8.94. The number of ether oxygens (including phenoxy) is 1. The standard InChI is InChI=1S/C81H67B2N5O/c1-50-13-28-59(29-14-50)84(60-30-15-51(2)16-31-60)66-44-74-80-75(45-66)87(64-38-23-55(6)24-39-64)73-49-72-68(48-69(73)83(80)79-58(9)11-10-12-71(79)86(74)63-36-21-54(5)22-37-63)82-70-43-57(8)27-42-77(70)89-78-47-67(46-76(81(78)82)88(72)65-40-25-56(7)26-41-65)85(61-32-17-52(3)18-33-61)62-34-19-53(4)20-35-62/h10-49H,1-9H3. The van der Waals surface area contributed by atoms with E-state index in [1.165, 1.54) is 83.1 Å². The molecule has 4 aliphatic heterocycles. The Morgan fingerprint density at radius 3 is 1.07 bits per heavy atom. The lowest BCUT2D eigenvalue weighted by Crippen LogP contribution is -2.65. The van der Waals surface area contributed by atoms with Crippen molar-refractivity contribution >= 4 is 132 Å². The predicted octanol–water partition coefficient (Wildman–Crippen LogP) is 17.9. The molecule has 428 valence electrons. The molecule has 0 atom stereocenters. The van der Waals surface area contributed by atoms with E-state index in [-0.39, 0.29) is 13.4 Å². The van der Waals surface area contributed by atoms with Crippen LogP contribution in [0.2, 0.25) is 0 Å². The van der Waals surface area contributed by atoms with E-state index < -0.39 is 0 Å². The van der Waals surface area contributed by atoms with Crippen molar-refractivity contribution in [2.45, 2.75) is 62.3 Å². The molecule has 0 saturated carbocycles. The lowest BCUT2D eigenvalue weighted by atomic mass is 9.30. The highest BCUT2D eigenvalue weighted by Gasteiger charge is 2.49. The van der Waals surface area contributed by atoms with Crippen molar-refractivity contribution in [1.29, 1.82) is 0 Å². The molecule has 0 saturated heterocycles. The number of anilines is 15. The molecule has 89 heavy (non-hydrogen) atoms. The van der Waals surface area contributed by atoms with Gasteiger partial charge >= 0.3 is 0 Å². The molecule has 0 unspecified atom stereocenters. The van der Waals surface area contributed by atoms with Crippen LogP contribution in [-0.2, 0) is 0 Å². The van der Waals surface area contributed by atoms with Crippen LogP contribution in [0.1, 0.15) is 50.1 Å². The summed E-state index contributed by atoms with van der Waals surface area (Å²) in [6, 6.07) is 91.7. The minimum Gasteiger partial charge on any atom is -0.458 e. The van der Waals surface area contributed by atoms with Crippen LogP contribution in [0.15, 0.2) is 243 Å². The van der Waals surface area contributed by atoms with Crippen molar-refractivity contribution in [2.75, 3.05) is 24.5 Å². The normalized spacial score (nSPS) is 13.0. The minimum atomic E-state index is -0.176. The van der Waals surface area contributed by atoms with Gasteiger partial charge in [-0.3, -0.25) is 0 Å². The largest absolute Gasteiger partial charge is 0.458 e. The van der Waals surface area contributed by atoms with Crippen LogP contribution in [0.25, 0.3) is 0 Å². The summed E-state index contributed by atoms with van der Waals surface area (Å²) < 4.78 is 7.37. The van der Waals surface area contributed by atoms with Gasteiger partial charge in [-0.1, -0.05) is 165 Å². The summed E-state index contributed by atoms with van der Waals surface area (Å²) in [6.45, 7) is 19.4. The molecule has 4 heterocycles. The van der Waals surface area contributed by atoms with Crippen LogP contribution in [-0.4, -0.2) is 13.4 Å². The zero-order chi connectivity index (χ0) is 60.5. The summed E-state index contributed by atoms with van der Waals surface area (Å²) in [6.07, 6.45) is 0. The summed E-state index contributed by atoms with van der Waals surface area (Å²) in [7, 11) is 0.